The molecule has 4 aromatic carbocycles. The van der Waals surface area contributed by atoms with Crippen LogP contribution in [-0.2, 0) is 30.2 Å². The number of aromatic nitrogens is 6. The summed E-state index contributed by atoms with van der Waals surface area (Å²) >= 11 is 0. The number of nitrogens with one attached hydrogen (secondary N) is 2. The number of rotatable bonds is 4. The largest absolute Gasteiger partial charge is 2.00 e. The van der Waals surface area contributed by atoms with E-state index >= 15 is 0 Å². The Morgan fingerprint density at radius 2 is 0.968 bits per heavy atom. The molecule has 26 heteroatoms. The summed E-state index contributed by atoms with van der Waals surface area (Å²) in [5, 5.41) is 22.6. The molecular formula is C69H102BrF2MgN15O7. The minimum absolute atomic E-state index is 0. The van der Waals surface area contributed by atoms with E-state index in [0.29, 0.717) is 52.1 Å². The Bertz CT molecular complexity index is 3230. The van der Waals surface area contributed by atoms with Crippen LogP contribution in [0.1, 0.15) is 106 Å². The van der Waals surface area contributed by atoms with Gasteiger partial charge in [-0.15, -0.1) is 17.2 Å². The fourth-order valence-electron chi connectivity index (χ4n) is 11.8. The number of para-hydroxylation sites is 3. The second kappa shape index (κ2) is 37.1. The molecule has 0 aliphatic carbocycles. The summed E-state index contributed by atoms with van der Waals surface area (Å²) in [6, 6.07) is 31.3. The molecule has 0 radical (unpaired) electrons. The number of likely N-dealkylation sites (tertiary alicyclic amines) is 3. The van der Waals surface area contributed by atoms with Crippen molar-refractivity contribution in [2.75, 3.05) is 139 Å². The van der Waals surface area contributed by atoms with Crippen molar-refractivity contribution in [2.45, 2.75) is 129 Å². The maximum Gasteiger partial charge on any atom is 2.00 e. The molecule has 0 spiro atoms. The predicted molar refractivity (Wildman–Crippen MR) is 363 cm³/mol. The first kappa shape index (κ1) is 79.7. The smallest absolute Gasteiger partial charge is 1.00 e. The Hall–Kier alpha value is -5.97. The number of H-pyrrole nitrogens is 1. The number of hydrogen-bond donors (Lipinski definition) is 2. The topological polar surface area (TPSA) is 206 Å². The van der Waals surface area contributed by atoms with Gasteiger partial charge in [0.15, 0.2) is 0 Å². The first-order valence-electron chi connectivity index (χ1n) is 32.8. The molecule has 0 bridgehead atoms. The van der Waals surface area contributed by atoms with Crippen LogP contribution in [0.4, 0.5) is 23.2 Å². The van der Waals surface area contributed by atoms with Gasteiger partial charge in [-0.1, -0.05) is 41.6 Å². The van der Waals surface area contributed by atoms with Gasteiger partial charge in [0, 0.05) is 155 Å². The van der Waals surface area contributed by atoms with E-state index in [4.69, 9.17) is 14.2 Å². The molecule has 2 N–H and O–H groups in total. The Morgan fingerprint density at radius 3 is 1.40 bits per heavy atom. The van der Waals surface area contributed by atoms with Crippen LogP contribution in [-0.4, -0.2) is 272 Å². The Labute approximate surface area is 587 Å². The molecule has 6 aromatic rings. The number of nitrogens with zero attached hydrogens (tertiary/aromatic N) is 13. The normalized spacial score (nSPS) is 18.9. The van der Waals surface area contributed by atoms with E-state index in [-0.39, 0.29) is 86.9 Å². The molecule has 0 saturated carbocycles. The van der Waals surface area contributed by atoms with Crippen molar-refractivity contribution >= 4 is 69.2 Å². The van der Waals surface area contributed by atoms with Gasteiger partial charge in [-0.05, 0) is 138 Å². The number of amides is 3. The number of piperazine rings is 3. The van der Waals surface area contributed by atoms with Crippen LogP contribution < -0.4 is 22.3 Å². The average molecular weight is 1400 g/mol. The van der Waals surface area contributed by atoms with E-state index in [2.05, 4.69) is 93.5 Å². The van der Waals surface area contributed by atoms with Crippen LogP contribution in [0, 0.1) is 17.7 Å². The third-order valence-corrected chi connectivity index (χ3v) is 17.0. The number of aromatic amines is 1. The van der Waals surface area contributed by atoms with Crippen LogP contribution in [0.15, 0.2) is 97.1 Å². The molecular weight excluding hydrogens is 1290 g/mol. The molecule has 2 aromatic heterocycles. The molecule has 22 nitrogen and oxygen atoms in total. The molecule has 95 heavy (non-hydrogen) atoms. The Morgan fingerprint density at radius 1 is 0.526 bits per heavy atom. The summed E-state index contributed by atoms with van der Waals surface area (Å²) < 4.78 is 44.3. The number of benzene rings is 4. The summed E-state index contributed by atoms with van der Waals surface area (Å²) in [5.74, 6) is -0.206. The third kappa shape index (κ3) is 24.8. The number of halogens is 3. The van der Waals surface area contributed by atoms with Gasteiger partial charge in [0.25, 0.3) is 0 Å². The van der Waals surface area contributed by atoms with Crippen LogP contribution in [0.5, 0.6) is 0 Å². The Balaban J connectivity index is 0.000000224. The zero-order valence-electron chi connectivity index (χ0n) is 58.2. The number of fused-ring (bicyclic) bond motifs is 2. The van der Waals surface area contributed by atoms with Gasteiger partial charge >= 0.3 is 41.3 Å². The Kier molecular flexibility index (Phi) is 31.1. The standard InChI is InChI=1S/C21H32FN3O2.C21H32N6O2.C10H17NO3.C6H4F.C6H5N3.C5H12N2.BrH.Mg/c1-20(2,3)27-19(26)24-10-8-21(9-11-24,17-6-5-7-18(22)16-17)25-14-12-23(4)13-15-25;1-20(2,3)29-19(28)25-11-9-21(10-12-25,26-15-13-24(4)14-16-26)27-18-8-6-5-7-17(18)22-23-27;1-10(2,3)14-9(13)11-6-4-8(12)5-7-11;7-6-4-2-1-3-5-6;1-2-4-6-5(3-1)7-9-8-6;1-7-4-2-6-3-5-7;;/h5-7,16H,8-15H2,1-4H3;5-8H,9-16H2,1-4H3;4-7H2,1-3H3;1-2,4-5H;1-4H,(H,7,8,9);6H,2-5H2,1H3;1H;/q;;;-1;;;;+2/p-1. The zero-order chi connectivity index (χ0) is 67.4. The van der Waals surface area contributed by atoms with Crippen LogP contribution >= 0.6 is 0 Å². The zero-order valence-corrected chi connectivity index (χ0v) is 61.2. The number of ether oxygens (including phenoxy) is 3. The maximum atomic E-state index is 14.0. The van der Waals surface area contributed by atoms with Crippen molar-refractivity contribution in [1.82, 2.24) is 74.9 Å². The number of likely N-dealkylation sites (N-methyl/N-ethyl adjacent to an activating group) is 3. The molecule has 12 rings (SSSR count). The fraction of sp³-hybridized carbons (Fsp3) is 0.594. The van der Waals surface area contributed by atoms with Crippen molar-refractivity contribution < 1.29 is 59.2 Å². The molecule has 6 saturated heterocycles. The third-order valence-electron chi connectivity index (χ3n) is 17.0. The van der Waals surface area contributed by atoms with Crippen LogP contribution in [0.2, 0.25) is 0 Å². The van der Waals surface area contributed by atoms with Crippen molar-refractivity contribution in [3.63, 3.8) is 0 Å². The minimum Gasteiger partial charge on any atom is -1.00 e. The predicted octanol–water partition coefficient (Wildman–Crippen LogP) is 5.98. The number of hydrogen-bond acceptors (Lipinski definition) is 17. The summed E-state index contributed by atoms with van der Waals surface area (Å²) in [4.78, 5) is 64.8. The first-order chi connectivity index (χ1) is 44.1. The van der Waals surface area contributed by atoms with E-state index in [1.54, 1.807) is 34.1 Å². The number of carbonyl (C=O) groups is 4. The molecule has 0 atom stereocenters. The van der Waals surface area contributed by atoms with E-state index < -0.39 is 16.8 Å². The van der Waals surface area contributed by atoms with Crippen molar-refractivity contribution in [2.24, 2.45) is 0 Å². The van der Waals surface area contributed by atoms with Crippen molar-refractivity contribution in [3.8, 4) is 0 Å². The molecule has 6 aliphatic rings. The summed E-state index contributed by atoms with van der Waals surface area (Å²) in [5.41, 5.74) is 2.89. The monoisotopic (exact) mass is 1390 g/mol. The summed E-state index contributed by atoms with van der Waals surface area (Å²) in [6.07, 6.45) is 3.32. The van der Waals surface area contributed by atoms with Gasteiger partial charge < -0.3 is 65.9 Å². The second-order valence-corrected chi connectivity index (χ2v) is 27.6. The number of ketones is 1. The number of carbonyl (C=O) groups excluding carboxylic acids is 4. The van der Waals surface area contributed by atoms with Crippen molar-refractivity contribution in [1.29, 1.82) is 0 Å². The summed E-state index contributed by atoms with van der Waals surface area (Å²) in [7, 11) is 6.46. The number of piperidine rings is 3. The molecule has 6 aliphatic heterocycles. The van der Waals surface area contributed by atoms with Gasteiger partial charge in [0.1, 0.15) is 50.6 Å². The SMILES string of the molecule is CC(C)(C)OC(=O)N1CCC(=O)CC1.CN1CCN(C2(c3cccc(F)c3)CCN(C(=O)OC(C)(C)C)CC2)CC1.CN1CCN(C2(n3nnc4ccccc43)CCN(C(=O)OC(C)(C)C)CC2)CC1.CN1CCNCC1.Fc1c[c-]ccc1.[Br-].[Mg+2].c1ccc2n[nH]nc2c1. The van der Waals surface area contributed by atoms with E-state index in [9.17, 15) is 28.0 Å². The van der Waals surface area contributed by atoms with Gasteiger partial charge in [0.2, 0.25) is 0 Å². The van der Waals surface area contributed by atoms with Crippen molar-refractivity contribution in [3.05, 3.63) is 120 Å². The second-order valence-electron chi connectivity index (χ2n) is 27.6. The maximum absolute atomic E-state index is 14.0. The average Bonchev–Trinajstić information content (AvgIpc) is 1.75. The first-order valence-corrected chi connectivity index (χ1v) is 32.8. The molecule has 8 heterocycles. The van der Waals surface area contributed by atoms with Crippen LogP contribution in [0.3, 0.4) is 0 Å². The van der Waals surface area contributed by atoms with E-state index in [0.717, 1.165) is 119 Å². The molecule has 518 valence electrons. The molecule has 3 amide bonds. The van der Waals surface area contributed by atoms with Gasteiger partial charge in [0.05, 0.1) is 5.52 Å². The number of Topliss-reactive ketones (excluding diaryl/α,β-unsaturated/α-hetero) is 1. The molecule has 6 fully saturated rings. The molecule has 0 unspecified atom stereocenters. The van der Waals surface area contributed by atoms with Gasteiger partial charge in [-0.3, -0.25) is 19.0 Å². The van der Waals surface area contributed by atoms with E-state index in [1.807, 2.05) is 116 Å². The van der Waals surface area contributed by atoms with Gasteiger partial charge in [-0.25, -0.2) is 23.5 Å². The fourth-order valence-corrected chi connectivity index (χ4v) is 11.8. The quantitative estimate of drug-likeness (QED) is 0.118. The van der Waals surface area contributed by atoms with Gasteiger partial charge in [-0.2, -0.15) is 33.6 Å². The minimum atomic E-state index is -0.494. The van der Waals surface area contributed by atoms with Crippen LogP contribution in [0.25, 0.3) is 22.1 Å². The summed E-state index contributed by atoms with van der Waals surface area (Å²) in [6.45, 7) is 33.1. The van der Waals surface area contributed by atoms with E-state index in [1.165, 1.54) is 31.3 Å².